The second kappa shape index (κ2) is 6.83. The lowest BCUT2D eigenvalue weighted by molar-refractivity contribution is 1.48. The average molecular weight is 516 g/mol. The number of aromatic nitrogens is 1. The highest BCUT2D eigenvalue weighted by Gasteiger charge is 2.22. The highest BCUT2D eigenvalue weighted by Crippen LogP contribution is 2.50. The van der Waals surface area contributed by atoms with Crippen molar-refractivity contribution < 1.29 is 0 Å². The molecule has 1 aromatic heterocycles. The van der Waals surface area contributed by atoms with E-state index in [2.05, 4.69) is 126 Å². The summed E-state index contributed by atoms with van der Waals surface area (Å²) in [5.41, 5.74) is 3.65. The molecular formula is C40H21N. The number of rotatable bonds is 1. The van der Waals surface area contributed by atoms with E-state index in [0.717, 1.165) is 0 Å². The van der Waals surface area contributed by atoms with Crippen molar-refractivity contribution in [3.8, 4) is 11.3 Å². The van der Waals surface area contributed by atoms with Crippen LogP contribution in [-0.2, 0) is 0 Å². The fourth-order valence-electron chi connectivity index (χ4n) is 8.12. The second-order valence-corrected chi connectivity index (χ2v) is 11.7. The molecule has 0 amide bonds. The zero-order chi connectivity index (χ0) is 26.4. The molecule has 0 bridgehead atoms. The summed E-state index contributed by atoms with van der Waals surface area (Å²) in [6, 6.07) is 45.5. The summed E-state index contributed by atoms with van der Waals surface area (Å²) >= 11 is 0. The number of nitrogens with one attached hydrogen (secondary N) is 1. The molecule has 0 spiro atoms. The molecule has 0 aliphatic heterocycles. The molecule has 0 fully saturated rings. The molecule has 10 aromatic carbocycles. The summed E-state index contributed by atoms with van der Waals surface area (Å²) in [6.07, 6.45) is 0. The molecule has 0 unspecified atom stereocenters. The summed E-state index contributed by atoms with van der Waals surface area (Å²) in [7, 11) is 0. The number of fused-ring (bicyclic) bond motifs is 6. The van der Waals surface area contributed by atoms with E-state index < -0.39 is 0 Å². The van der Waals surface area contributed by atoms with Gasteiger partial charge in [0.15, 0.2) is 0 Å². The van der Waals surface area contributed by atoms with Crippen LogP contribution in [-0.4, -0.2) is 4.98 Å². The van der Waals surface area contributed by atoms with Gasteiger partial charge in [0.25, 0.3) is 0 Å². The zero-order valence-corrected chi connectivity index (χ0v) is 22.0. The van der Waals surface area contributed by atoms with E-state index in [-0.39, 0.29) is 0 Å². The Labute approximate surface area is 234 Å². The Balaban J connectivity index is 1.37. The van der Waals surface area contributed by atoms with Gasteiger partial charge in [-0.15, -0.1) is 0 Å². The molecule has 41 heavy (non-hydrogen) atoms. The van der Waals surface area contributed by atoms with Gasteiger partial charge in [-0.05, 0) is 92.9 Å². The number of aromatic amines is 1. The third kappa shape index (κ3) is 2.33. The summed E-state index contributed by atoms with van der Waals surface area (Å²) in [6.45, 7) is 0. The molecule has 0 aliphatic carbocycles. The van der Waals surface area contributed by atoms with Crippen LogP contribution in [0.1, 0.15) is 0 Å². The van der Waals surface area contributed by atoms with Gasteiger partial charge >= 0.3 is 0 Å². The fourth-order valence-corrected chi connectivity index (χ4v) is 8.12. The van der Waals surface area contributed by atoms with Crippen molar-refractivity contribution >= 4 is 97.1 Å². The molecular weight excluding hydrogens is 494 g/mol. The first-order chi connectivity index (χ1) is 20.3. The van der Waals surface area contributed by atoms with E-state index in [1.54, 1.807) is 0 Å². The van der Waals surface area contributed by atoms with Crippen molar-refractivity contribution in [2.24, 2.45) is 0 Å². The Morgan fingerprint density at radius 2 is 0.756 bits per heavy atom. The second-order valence-electron chi connectivity index (χ2n) is 11.7. The molecule has 0 aliphatic rings. The van der Waals surface area contributed by atoms with Gasteiger partial charge in [0.05, 0.1) is 5.52 Å². The number of hydrogen-bond acceptors (Lipinski definition) is 0. The molecule has 1 nitrogen and oxygen atoms in total. The Morgan fingerprint density at radius 1 is 0.317 bits per heavy atom. The SMILES string of the molecule is c1ccc2c(c1)c1ccccc1c1[nH]c(-c3cc4ccc5ccc6ccc7ccc8ccc3c3c8c7c6c5c43)cc21. The van der Waals surface area contributed by atoms with Gasteiger partial charge in [-0.25, -0.2) is 0 Å². The van der Waals surface area contributed by atoms with Crippen LogP contribution in [0.2, 0.25) is 0 Å². The minimum atomic E-state index is 1.17. The molecule has 0 saturated carbocycles. The minimum Gasteiger partial charge on any atom is -0.354 e. The van der Waals surface area contributed by atoms with Crippen LogP contribution in [0.15, 0.2) is 121 Å². The van der Waals surface area contributed by atoms with E-state index in [9.17, 15) is 0 Å². The maximum absolute atomic E-state index is 3.92. The van der Waals surface area contributed by atoms with E-state index in [1.807, 2.05) is 0 Å². The number of benzene rings is 10. The fraction of sp³-hybridized carbons (Fsp3) is 0. The van der Waals surface area contributed by atoms with E-state index in [1.165, 1.54) is 108 Å². The van der Waals surface area contributed by atoms with E-state index in [0.29, 0.717) is 0 Å². The highest BCUT2D eigenvalue weighted by molar-refractivity contribution is 6.45. The first-order valence-electron chi connectivity index (χ1n) is 14.4. The van der Waals surface area contributed by atoms with Gasteiger partial charge in [-0.1, -0.05) is 109 Å². The van der Waals surface area contributed by atoms with Crippen LogP contribution >= 0.6 is 0 Å². The molecule has 11 aromatic rings. The maximum Gasteiger partial charge on any atom is 0.0544 e. The zero-order valence-electron chi connectivity index (χ0n) is 22.0. The summed E-state index contributed by atoms with van der Waals surface area (Å²) in [5.74, 6) is 0. The number of H-pyrrole nitrogens is 1. The Bertz CT molecular complexity index is 2720. The van der Waals surface area contributed by atoms with Crippen LogP contribution in [0, 0.1) is 0 Å². The average Bonchev–Trinajstić information content (AvgIpc) is 3.49. The summed E-state index contributed by atoms with van der Waals surface area (Å²) < 4.78 is 0. The topological polar surface area (TPSA) is 15.8 Å². The smallest absolute Gasteiger partial charge is 0.0544 e. The quantitative estimate of drug-likeness (QED) is 0.165. The van der Waals surface area contributed by atoms with Crippen LogP contribution in [0.3, 0.4) is 0 Å². The highest BCUT2D eigenvalue weighted by atomic mass is 14.7. The van der Waals surface area contributed by atoms with Crippen LogP contribution < -0.4 is 0 Å². The molecule has 0 radical (unpaired) electrons. The Hall–Kier alpha value is -5.40. The molecule has 0 atom stereocenters. The first-order valence-corrected chi connectivity index (χ1v) is 14.4. The molecule has 1 heterocycles. The van der Waals surface area contributed by atoms with Gasteiger partial charge in [0.2, 0.25) is 0 Å². The van der Waals surface area contributed by atoms with Crippen molar-refractivity contribution in [2.45, 2.75) is 0 Å². The van der Waals surface area contributed by atoms with E-state index >= 15 is 0 Å². The largest absolute Gasteiger partial charge is 0.354 e. The van der Waals surface area contributed by atoms with Gasteiger partial charge in [0, 0.05) is 22.0 Å². The molecule has 186 valence electrons. The van der Waals surface area contributed by atoms with Crippen molar-refractivity contribution in [3.63, 3.8) is 0 Å². The monoisotopic (exact) mass is 515 g/mol. The van der Waals surface area contributed by atoms with Crippen LogP contribution in [0.5, 0.6) is 0 Å². The summed E-state index contributed by atoms with van der Waals surface area (Å²) in [4.78, 5) is 3.92. The van der Waals surface area contributed by atoms with Crippen molar-refractivity contribution in [3.05, 3.63) is 121 Å². The summed E-state index contributed by atoms with van der Waals surface area (Å²) in [5, 5.41) is 22.8. The van der Waals surface area contributed by atoms with Gasteiger partial charge in [-0.2, -0.15) is 0 Å². The Morgan fingerprint density at radius 3 is 1.37 bits per heavy atom. The molecule has 1 N–H and O–H groups in total. The van der Waals surface area contributed by atoms with Crippen molar-refractivity contribution in [1.29, 1.82) is 0 Å². The van der Waals surface area contributed by atoms with Crippen LogP contribution in [0.25, 0.3) is 108 Å². The first kappa shape index (κ1) is 20.5. The maximum atomic E-state index is 3.92. The van der Waals surface area contributed by atoms with Crippen molar-refractivity contribution in [2.75, 3.05) is 0 Å². The van der Waals surface area contributed by atoms with Gasteiger partial charge in [-0.3, -0.25) is 0 Å². The lowest BCUT2D eigenvalue weighted by atomic mass is 9.81. The van der Waals surface area contributed by atoms with E-state index in [4.69, 9.17) is 0 Å². The molecule has 0 saturated heterocycles. The third-order valence-corrected chi connectivity index (χ3v) is 9.81. The third-order valence-electron chi connectivity index (χ3n) is 9.81. The van der Waals surface area contributed by atoms with Gasteiger partial charge in [0.1, 0.15) is 0 Å². The predicted octanol–water partition coefficient (Wildman–Crippen LogP) is 11.4. The van der Waals surface area contributed by atoms with Crippen LogP contribution in [0.4, 0.5) is 0 Å². The minimum absolute atomic E-state index is 1.17. The molecule has 1 heteroatoms. The molecule has 11 rings (SSSR count). The van der Waals surface area contributed by atoms with Gasteiger partial charge < -0.3 is 4.98 Å². The lowest BCUT2D eigenvalue weighted by Gasteiger charge is -2.21. The van der Waals surface area contributed by atoms with Crippen molar-refractivity contribution in [1.82, 2.24) is 4.98 Å². The normalized spacial score (nSPS) is 12.9. The lowest BCUT2D eigenvalue weighted by Crippen LogP contribution is -1.94. The standard InChI is InChI=1S/C40H21N/c1-2-7-28-26(5-1)27-6-3-4-8-30(27)40-32(28)20-33(41-40)31-19-25-16-15-23-12-10-21-9-11-22-13-14-24-17-18-29(31)39-37(24)35(22)34(21)36(23)38(25)39/h1-20,41H. The Kier molecular flexibility index (Phi) is 3.42. The number of hydrogen-bond donors (Lipinski definition) is 1. The predicted molar refractivity (Wildman–Crippen MR) is 177 cm³/mol.